The van der Waals surface area contributed by atoms with Gasteiger partial charge in [-0.1, -0.05) is 12.1 Å². The summed E-state index contributed by atoms with van der Waals surface area (Å²) in [6.45, 7) is 0.947. The van der Waals surface area contributed by atoms with Gasteiger partial charge in [0.25, 0.3) is 5.91 Å². The van der Waals surface area contributed by atoms with E-state index >= 15 is 0 Å². The summed E-state index contributed by atoms with van der Waals surface area (Å²) in [5, 5.41) is 13.3. The molecule has 0 spiro atoms. The van der Waals surface area contributed by atoms with E-state index in [1.807, 2.05) is 5.32 Å². The zero-order valence-electron chi connectivity index (χ0n) is 10.6. The van der Waals surface area contributed by atoms with Gasteiger partial charge in [0.15, 0.2) is 17.7 Å². The highest BCUT2D eigenvalue weighted by molar-refractivity contribution is 5.96. The number of carbonyl (C=O) groups excluding carboxylic acids is 2. The second kappa shape index (κ2) is 6.69. The van der Waals surface area contributed by atoms with E-state index in [1.54, 1.807) is 0 Å². The number of halogens is 1. The van der Waals surface area contributed by atoms with Crippen molar-refractivity contribution in [2.24, 2.45) is 0 Å². The molecule has 0 aromatic heterocycles. The maximum atomic E-state index is 13.5. The monoisotopic (exact) mass is 270 g/mol. The highest BCUT2D eigenvalue weighted by atomic mass is 19.1. The summed E-state index contributed by atoms with van der Waals surface area (Å²) in [4.78, 5) is 22.5. The van der Waals surface area contributed by atoms with Crippen molar-refractivity contribution in [1.82, 2.24) is 10.6 Å². The average molecular weight is 270 g/mol. The molecule has 1 aromatic rings. The van der Waals surface area contributed by atoms with Gasteiger partial charge in [-0.25, -0.2) is 9.18 Å². The van der Waals surface area contributed by atoms with Gasteiger partial charge in [-0.15, -0.1) is 0 Å². The molecule has 1 atom stereocenters. The van der Waals surface area contributed by atoms with Crippen LogP contribution in [-0.4, -0.2) is 30.2 Å². The van der Waals surface area contributed by atoms with Crippen LogP contribution in [-0.2, 0) is 11.4 Å². The molecule has 0 fully saturated rings. The van der Waals surface area contributed by atoms with E-state index in [2.05, 4.69) is 5.32 Å². The average Bonchev–Trinajstić information content (AvgIpc) is 2.40. The van der Waals surface area contributed by atoms with E-state index < -0.39 is 30.5 Å². The Kier molecular flexibility index (Phi) is 5.25. The number of hydrogen-bond donors (Lipinski definition) is 3. The highest BCUT2D eigenvalue weighted by Crippen LogP contribution is 2.23. The summed E-state index contributed by atoms with van der Waals surface area (Å²) in [7, 11) is 1.36. The van der Waals surface area contributed by atoms with Crippen LogP contribution >= 0.6 is 0 Å². The van der Waals surface area contributed by atoms with Gasteiger partial charge in [0.2, 0.25) is 0 Å². The Labute approximate surface area is 109 Å². The Balaban J connectivity index is 2.79. The van der Waals surface area contributed by atoms with Crippen LogP contribution in [0, 0.1) is 5.82 Å². The van der Waals surface area contributed by atoms with Gasteiger partial charge in [-0.05, 0) is 13.0 Å². The number of rotatable bonds is 4. The molecular formula is C12H15FN2O4. The number of hydrogen-bond acceptors (Lipinski definition) is 4. The molecular weight excluding hydrogens is 255 g/mol. The van der Waals surface area contributed by atoms with Gasteiger partial charge in [-0.2, -0.15) is 0 Å². The van der Waals surface area contributed by atoms with Gasteiger partial charge >= 0.3 is 6.03 Å². The number of nitrogens with one attached hydrogen (secondary N) is 2. The summed E-state index contributed by atoms with van der Waals surface area (Å²) < 4.78 is 18.7. The van der Waals surface area contributed by atoms with Crippen LogP contribution in [0.5, 0.6) is 5.75 Å². The number of amides is 3. The standard InChI is InChI=1S/C12H15FN2O4/c1-7(11(17)15-12(18)14-2)19-10-8(6-16)4-3-5-9(10)13/h3-5,7,16H,6H2,1-2H3,(H2,14,15,17,18). The van der Waals surface area contributed by atoms with Crippen LogP contribution in [0.25, 0.3) is 0 Å². The summed E-state index contributed by atoms with van der Waals surface area (Å²) in [6, 6.07) is 3.36. The Hall–Kier alpha value is -2.15. The molecule has 1 aromatic carbocycles. The number of para-hydroxylation sites is 1. The molecule has 0 aliphatic heterocycles. The number of ether oxygens (including phenoxy) is 1. The maximum absolute atomic E-state index is 13.5. The third-order valence-electron chi connectivity index (χ3n) is 2.35. The Morgan fingerprint density at radius 3 is 2.74 bits per heavy atom. The van der Waals surface area contributed by atoms with E-state index in [0.29, 0.717) is 0 Å². The second-order valence-corrected chi connectivity index (χ2v) is 3.71. The molecule has 6 nitrogen and oxygen atoms in total. The smallest absolute Gasteiger partial charge is 0.321 e. The number of aliphatic hydroxyl groups excluding tert-OH is 1. The largest absolute Gasteiger partial charge is 0.477 e. The molecule has 7 heteroatoms. The van der Waals surface area contributed by atoms with Crippen LogP contribution in [0.3, 0.4) is 0 Å². The summed E-state index contributed by atoms with van der Waals surface area (Å²) in [5.41, 5.74) is 0.222. The van der Waals surface area contributed by atoms with Crippen molar-refractivity contribution in [3.05, 3.63) is 29.6 Å². The molecule has 3 N–H and O–H groups in total. The van der Waals surface area contributed by atoms with Gasteiger partial charge < -0.3 is 15.2 Å². The topological polar surface area (TPSA) is 87.7 Å². The minimum absolute atomic E-state index is 0.204. The van der Waals surface area contributed by atoms with E-state index in [-0.39, 0.29) is 11.3 Å². The first-order valence-corrected chi connectivity index (χ1v) is 5.57. The van der Waals surface area contributed by atoms with Crippen molar-refractivity contribution in [3.8, 4) is 5.75 Å². The molecule has 0 heterocycles. The molecule has 0 saturated carbocycles. The van der Waals surface area contributed by atoms with Gasteiger partial charge in [0, 0.05) is 12.6 Å². The zero-order valence-corrected chi connectivity index (χ0v) is 10.6. The predicted molar refractivity (Wildman–Crippen MR) is 65.0 cm³/mol. The molecule has 3 amide bonds. The van der Waals surface area contributed by atoms with Crippen molar-refractivity contribution < 1.29 is 23.8 Å². The van der Waals surface area contributed by atoms with E-state index in [9.17, 15) is 14.0 Å². The molecule has 1 rings (SSSR count). The molecule has 104 valence electrons. The van der Waals surface area contributed by atoms with Crippen molar-refractivity contribution in [2.45, 2.75) is 19.6 Å². The number of imide groups is 1. The quantitative estimate of drug-likeness (QED) is 0.745. The highest BCUT2D eigenvalue weighted by Gasteiger charge is 2.20. The maximum Gasteiger partial charge on any atom is 0.321 e. The SMILES string of the molecule is CNC(=O)NC(=O)C(C)Oc1c(F)cccc1CO. The Morgan fingerprint density at radius 1 is 1.47 bits per heavy atom. The number of benzene rings is 1. The van der Waals surface area contributed by atoms with Crippen molar-refractivity contribution in [2.75, 3.05) is 7.05 Å². The third kappa shape index (κ3) is 3.92. The molecule has 1 unspecified atom stereocenters. The lowest BCUT2D eigenvalue weighted by Gasteiger charge is -2.16. The summed E-state index contributed by atoms with van der Waals surface area (Å²) in [5.74, 6) is -1.61. The van der Waals surface area contributed by atoms with Crippen LogP contribution in [0.1, 0.15) is 12.5 Å². The van der Waals surface area contributed by atoms with Crippen LogP contribution in [0.4, 0.5) is 9.18 Å². The first-order chi connectivity index (χ1) is 8.99. The predicted octanol–water partition coefficient (Wildman–Crippen LogP) is 0.541. The van der Waals surface area contributed by atoms with Crippen molar-refractivity contribution >= 4 is 11.9 Å². The van der Waals surface area contributed by atoms with Gasteiger partial charge in [-0.3, -0.25) is 10.1 Å². The normalized spacial score (nSPS) is 11.6. The lowest BCUT2D eigenvalue weighted by atomic mass is 10.2. The van der Waals surface area contributed by atoms with E-state index in [1.165, 1.54) is 26.1 Å². The van der Waals surface area contributed by atoms with Gasteiger partial charge in [0.05, 0.1) is 6.61 Å². The Morgan fingerprint density at radius 2 is 2.16 bits per heavy atom. The van der Waals surface area contributed by atoms with Gasteiger partial charge in [0.1, 0.15) is 0 Å². The fraction of sp³-hybridized carbons (Fsp3) is 0.333. The summed E-state index contributed by atoms with van der Waals surface area (Å²) >= 11 is 0. The van der Waals surface area contributed by atoms with E-state index in [0.717, 1.165) is 6.07 Å². The fourth-order valence-corrected chi connectivity index (χ4v) is 1.32. The minimum atomic E-state index is -1.08. The molecule has 0 aliphatic carbocycles. The van der Waals surface area contributed by atoms with Crippen LogP contribution in [0.15, 0.2) is 18.2 Å². The third-order valence-corrected chi connectivity index (χ3v) is 2.35. The molecule has 19 heavy (non-hydrogen) atoms. The molecule has 0 radical (unpaired) electrons. The van der Waals surface area contributed by atoms with Crippen LogP contribution < -0.4 is 15.4 Å². The summed E-state index contributed by atoms with van der Waals surface area (Å²) in [6.07, 6.45) is -1.08. The van der Waals surface area contributed by atoms with Crippen molar-refractivity contribution in [3.63, 3.8) is 0 Å². The molecule has 0 bridgehead atoms. The first kappa shape index (κ1) is 14.9. The second-order valence-electron chi connectivity index (χ2n) is 3.71. The Bertz CT molecular complexity index is 479. The number of aliphatic hydroxyl groups is 1. The van der Waals surface area contributed by atoms with Crippen LogP contribution in [0.2, 0.25) is 0 Å². The fourth-order valence-electron chi connectivity index (χ4n) is 1.32. The molecule has 0 saturated heterocycles. The lowest BCUT2D eigenvalue weighted by molar-refractivity contribution is -0.126. The van der Waals surface area contributed by atoms with Crippen molar-refractivity contribution in [1.29, 1.82) is 0 Å². The first-order valence-electron chi connectivity index (χ1n) is 5.57. The lowest BCUT2D eigenvalue weighted by Crippen LogP contribution is -2.44. The van der Waals surface area contributed by atoms with E-state index in [4.69, 9.17) is 9.84 Å². The number of carbonyl (C=O) groups is 2. The zero-order chi connectivity index (χ0) is 14.4. The molecule has 0 aliphatic rings. The minimum Gasteiger partial charge on any atom is -0.477 e. The number of urea groups is 1.